The molecule has 0 spiro atoms. The molecule has 0 aromatic heterocycles. The monoisotopic (exact) mass is 411 g/mol. The third kappa shape index (κ3) is 3.58. The molecule has 7 heteroatoms. The highest BCUT2D eigenvalue weighted by molar-refractivity contribution is 14.1. The van der Waals surface area contributed by atoms with Crippen LogP contribution in [0, 0.1) is 0 Å². The van der Waals surface area contributed by atoms with E-state index >= 15 is 0 Å². The van der Waals surface area contributed by atoms with Gasteiger partial charge in [-0.25, -0.2) is 5.06 Å². The van der Waals surface area contributed by atoms with Gasteiger partial charge in [0.05, 0.1) is 7.11 Å². The molecule has 1 heterocycles. The van der Waals surface area contributed by atoms with E-state index in [1.807, 2.05) is 20.8 Å². The zero-order valence-corrected chi connectivity index (χ0v) is 15.2. The van der Waals surface area contributed by atoms with Gasteiger partial charge in [-0.05, 0) is 49.8 Å². The number of amides is 1. The predicted molar refractivity (Wildman–Crippen MR) is 84.7 cm³/mol. The van der Waals surface area contributed by atoms with Crippen LogP contribution in [-0.4, -0.2) is 55.3 Å². The molecule has 1 aliphatic heterocycles. The fourth-order valence-corrected chi connectivity index (χ4v) is 3.42. The highest BCUT2D eigenvalue weighted by Crippen LogP contribution is 2.46. The summed E-state index contributed by atoms with van der Waals surface area (Å²) in [4.78, 5) is 16.7. The summed E-state index contributed by atoms with van der Waals surface area (Å²) in [6.07, 6.45) is 2.31. The first-order valence-corrected chi connectivity index (χ1v) is 7.92. The van der Waals surface area contributed by atoms with E-state index in [1.54, 1.807) is 7.05 Å². The lowest BCUT2D eigenvalue weighted by molar-refractivity contribution is -0.178. The van der Waals surface area contributed by atoms with Gasteiger partial charge in [0, 0.05) is 10.6 Å². The molecular weight excluding hydrogens is 389 g/mol. The molecule has 2 aliphatic rings. The van der Waals surface area contributed by atoms with E-state index in [9.17, 15) is 4.79 Å². The summed E-state index contributed by atoms with van der Waals surface area (Å²) in [6, 6.07) is 0. The van der Waals surface area contributed by atoms with Crippen LogP contribution in [0.25, 0.3) is 0 Å². The Bertz CT molecular complexity index is 453. The zero-order valence-electron chi connectivity index (χ0n) is 13.0. The van der Waals surface area contributed by atoms with Gasteiger partial charge in [0.1, 0.15) is 24.4 Å². The predicted octanol–water partition coefficient (Wildman–Crippen LogP) is 2.02. The van der Waals surface area contributed by atoms with Crippen molar-refractivity contribution in [2.45, 2.75) is 50.8 Å². The number of hydroxylamine groups is 2. The average Bonchev–Trinajstić information content (AvgIpc) is 2.66. The number of fused-ring (bicyclic) bond motifs is 1. The lowest BCUT2D eigenvalue weighted by atomic mass is 9.86. The summed E-state index contributed by atoms with van der Waals surface area (Å²) in [6.45, 7) is 5.74. The number of hydrogen-bond acceptors (Lipinski definition) is 5. The third-order valence-corrected chi connectivity index (χ3v) is 4.81. The van der Waals surface area contributed by atoms with E-state index in [1.165, 1.54) is 7.11 Å². The highest BCUT2D eigenvalue weighted by Gasteiger charge is 2.55. The first kappa shape index (κ1) is 17.1. The second-order valence-corrected chi connectivity index (χ2v) is 7.20. The van der Waals surface area contributed by atoms with E-state index in [2.05, 4.69) is 28.7 Å². The van der Waals surface area contributed by atoms with Crippen LogP contribution < -0.4 is 0 Å². The van der Waals surface area contributed by atoms with Gasteiger partial charge in [0.25, 0.3) is 5.91 Å². The van der Waals surface area contributed by atoms with Crippen LogP contribution in [0.15, 0.2) is 9.66 Å². The van der Waals surface area contributed by atoms with Crippen molar-refractivity contribution in [3.63, 3.8) is 0 Å². The first-order valence-electron chi connectivity index (χ1n) is 6.84. The molecule has 1 amide bonds. The maximum atomic E-state index is 11.8. The lowest BCUT2D eigenvalue weighted by Crippen LogP contribution is -2.49. The van der Waals surface area contributed by atoms with Crippen LogP contribution >= 0.6 is 22.6 Å². The molecule has 0 unspecified atom stereocenters. The van der Waals surface area contributed by atoms with Crippen molar-refractivity contribution in [2.24, 2.45) is 0 Å². The number of likely N-dealkylation sites (N-methyl/N-ethyl adjacent to an activating group) is 1. The Morgan fingerprint density at radius 1 is 1.52 bits per heavy atom. The highest BCUT2D eigenvalue weighted by atomic mass is 127. The Balaban J connectivity index is 2.09. The van der Waals surface area contributed by atoms with Crippen LogP contribution in [0.4, 0.5) is 0 Å². The minimum absolute atomic E-state index is 0.0638. The number of carbonyl (C=O) groups excluding carboxylic acids is 1. The second kappa shape index (κ2) is 6.11. The fraction of sp³-hybridized carbons (Fsp3) is 0.786. The van der Waals surface area contributed by atoms with Crippen molar-refractivity contribution >= 4 is 28.5 Å². The zero-order chi connectivity index (χ0) is 15.8. The number of hydrogen-bond donors (Lipinski definition) is 0. The van der Waals surface area contributed by atoms with Crippen LogP contribution in [-0.2, 0) is 23.8 Å². The Morgan fingerprint density at radius 2 is 2.19 bits per heavy atom. The maximum Gasteiger partial charge on any atom is 0.271 e. The van der Waals surface area contributed by atoms with Gasteiger partial charge in [-0.15, -0.1) is 0 Å². The van der Waals surface area contributed by atoms with E-state index in [0.717, 1.165) is 15.1 Å². The normalized spacial score (nSPS) is 34.3. The topological polar surface area (TPSA) is 57.2 Å². The van der Waals surface area contributed by atoms with E-state index in [-0.39, 0.29) is 24.7 Å². The summed E-state index contributed by atoms with van der Waals surface area (Å²) >= 11 is 2.23. The van der Waals surface area contributed by atoms with Gasteiger partial charge in [-0.3, -0.25) is 9.63 Å². The summed E-state index contributed by atoms with van der Waals surface area (Å²) < 4.78 is 18.9. The summed E-state index contributed by atoms with van der Waals surface area (Å²) in [7, 11) is 2.99. The lowest BCUT2D eigenvalue weighted by Gasteiger charge is -2.36. The van der Waals surface area contributed by atoms with E-state index in [4.69, 9.17) is 19.0 Å². The van der Waals surface area contributed by atoms with Gasteiger partial charge < -0.3 is 14.2 Å². The molecule has 2 rings (SSSR count). The maximum absolute atomic E-state index is 11.8. The molecule has 3 atom stereocenters. The van der Waals surface area contributed by atoms with E-state index in [0.29, 0.717) is 0 Å². The smallest absolute Gasteiger partial charge is 0.271 e. The Labute approximate surface area is 138 Å². The van der Waals surface area contributed by atoms with E-state index < -0.39 is 11.4 Å². The average molecular weight is 411 g/mol. The number of rotatable bonds is 4. The van der Waals surface area contributed by atoms with Crippen molar-refractivity contribution in [2.75, 3.05) is 20.8 Å². The molecule has 0 bridgehead atoms. The van der Waals surface area contributed by atoms with Gasteiger partial charge in [0.15, 0.2) is 5.79 Å². The summed E-state index contributed by atoms with van der Waals surface area (Å²) in [5, 5.41) is 1.15. The molecular formula is C14H22INO5. The Hall–Kier alpha value is -0.220. The molecule has 1 aliphatic carbocycles. The number of carbonyl (C=O) groups is 1. The van der Waals surface area contributed by atoms with Crippen LogP contribution in [0.2, 0.25) is 0 Å². The molecule has 0 aromatic carbocycles. The van der Waals surface area contributed by atoms with Crippen molar-refractivity contribution in [3.05, 3.63) is 9.66 Å². The SMILES string of the molecule is CON(C)C(=O)CO[C@H]1C(I)=CC[C@@]2(C)OC(C)(C)O[C@@H]12. The minimum atomic E-state index is -0.649. The Morgan fingerprint density at radius 3 is 2.81 bits per heavy atom. The molecule has 0 saturated carbocycles. The summed E-state index contributed by atoms with van der Waals surface area (Å²) in [5.74, 6) is -0.893. The van der Waals surface area contributed by atoms with Gasteiger partial charge in [0.2, 0.25) is 0 Å². The van der Waals surface area contributed by atoms with Crippen LogP contribution in [0.1, 0.15) is 27.2 Å². The molecule has 0 radical (unpaired) electrons. The van der Waals surface area contributed by atoms with Crippen molar-refractivity contribution in [3.8, 4) is 0 Å². The van der Waals surface area contributed by atoms with Crippen molar-refractivity contribution in [1.29, 1.82) is 0 Å². The number of ether oxygens (including phenoxy) is 3. The summed E-state index contributed by atoms with van der Waals surface area (Å²) in [5.41, 5.74) is -0.432. The molecule has 120 valence electrons. The molecule has 0 aromatic rings. The quantitative estimate of drug-likeness (QED) is 0.524. The van der Waals surface area contributed by atoms with Crippen LogP contribution in [0.5, 0.6) is 0 Å². The molecule has 0 N–H and O–H groups in total. The van der Waals surface area contributed by atoms with Gasteiger partial charge in [-0.1, -0.05) is 6.08 Å². The van der Waals surface area contributed by atoms with Crippen molar-refractivity contribution < 1.29 is 23.8 Å². The third-order valence-electron chi connectivity index (χ3n) is 3.75. The van der Waals surface area contributed by atoms with Gasteiger partial charge >= 0.3 is 0 Å². The fourth-order valence-electron chi connectivity index (χ4n) is 2.70. The largest absolute Gasteiger partial charge is 0.360 e. The molecule has 1 fully saturated rings. The number of nitrogens with zero attached hydrogens (tertiary/aromatic N) is 1. The molecule has 21 heavy (non-hydrogen) atoms. The Kier molecular flexibility index (Phi) is 4.99. The molecule has 6 nitrogen and oxygen atoms in total. The van der Waals surface area contributed by atoms with Gasteiger partial charge in [-0.2, -0.15) is 0 Å². The van der Waals surface area contributed by atoms with Crippen molar-refractivity contribution in [1.82, 2.24) is 5.06 Å². The standard InChI is InChI=1S/C14H22INO5/c1-13(2)20-12-11(19-8-10(17)16(4)18-5)9(15)6-7-14(12,3)21-13/h6,11-12H,7-8H2,1-5H3/t11-,12-,14+/m0/s1. The van der Waals surface area contributed by atoms with Crippen LogP contribution in [0.3, 0.4) is 0 Å². The second-order valence-electron chi connectivity index (χ2n) is 5.95. The first-order chi connectivity index (χ1) is 9.68. The minimum Gasteiger partial charge on any atom is -0.360 e. The number of halogens is 1. The molecule has 1 saturated heterocycles.